The quantitative estimate of drug-likeness (QED) is 0.684. The summed E-state index contributed by atoms with van der Waals surface area (Å²) in [6.07, 6.45) is -0.111. The standard InChI is InChI=1S/C19H14F2N2O2S/c1-22-18-17(26-19(22)25)12(16-13(20)8-5-9-14(16)21)10-15(24)23(18)11-6-3-2-4-7-11/h2-9,12H,10H2,1H3. The Bertz CT molecular complexity index is 1040. The van der Waals surface area contributed by atoms with Gasteiger partial charge >= 0.3 is 4.87 Å². The van der Waals surface area contributed by atoms with Crippen LogP contribution in [0.4, 0.5) is 20.3 Å². The van der Waals surface area contributed by atoms with Crippen LogP contribution < -0.4 is 9.77 Å². The molecule has 2 heterocycles. The van der Waals surface area contributed by atoms with E-state index in [1.54, 1.807) is 31.3 Å². The molecule has 1 aliphatic heterocycles. The minimum absolute atomic E-state index is 0.111. The number of hydrogen-bond donors (Lipinski definition) is 0. The van der Waals surface area contributed by atoms with E-state index >= 15 is 0 Å². The van der Waals surface area contributed by atoms with E-state index in [0.29, 0.717) is 16.4 Å². The first kappa shape index (κ1) is 16.7. The maximum Gasteiger partial charge on any atom is 0.308 e. The molecule has 1 aliphatic rings. The van der Waals surface area contributed by atoms with Crippen LogP contribution >= 0.6 is 11.3 Å². The number of nitrogens with zero attached hydrogens (tertiary/aromatic N) is 2. The van der Waals surface area contributed by atoms with Crippen LogP contribution in [0.1, 0.15) is 22.8 Å². The Labute approximate surface area is 151 Å². The van der Waals surface area contributed by atoms with Gasteiger partial charge < -0.3 is 0 Å². The van der Waals surface area contributed by atoms with Gasteiger partial charge in [0.05, 0.1) is 10.6 Å². The van der Waals surface area contributed by atoms with E-state index in [4.69, 9.17) is 0 Å². The topological polar surface area (TPSA) is 42.3 Å². The maximum absolute atomic E-state index is 14.3. The molecule has 132 valence electrons. The summed E-state index contributed by atoms with van der Waals surface area (Å²) in [5, 5.41) is 0. The minimum atomic E-state index is -0.822. The third-order valence-corrected chi connectivity index (χ3v) is 5.66. The lowest BCUT2D eigenvalue weighted by atomic mass is 9.89. The second kappa shape index (κ2) is 6.17. The number of aromatic nitrogens is 1. The second-order valence-electron chi connectivity index (χ2n) is 6.07. The zero-order valence-corrected chi connectivity index (χ0v) is 14.6. The van der Waals surface area contributed by atoms with E-state index in [9.17, 15) is 18.4 Å². The fourth-order valence-electron chi connectivity index (χ4n) is 3.34. The highest BCUT2D eigenvalue weighted by atomic mass is 32.1. The Morgan fingerprint density at radius 2 is 1.65 bits per heavy atom. The highest BCUT2D eigenvalue weighted by Crippen LogP contribution is 2.45. The van der Waals surface area contributed by atoms with Crippen molar-refractivity contribution >= 4 is 28.7 Å². The molecule has 0 saturated carbocycles. The van der Waals surface area contributed by atoms with E-state index in [0.717, 1.165) is 23.5 Å². The van der Waals surface area contributed by atoms with Crippen molar-refractivity contribution in [1.29, 1.82) is 0 Å². The third kappa shape index (κ3) is 2.47. The second-order valence-corrected chi connectivity index (χ2v) is 7.06. The van der Waals surface area contributed by atoms with Crippen LogP contribution in [0.15, 0.2) is 53.3 Å². The van der Waals surface area contributed by atoms with Crippen molar-refractivity contribution in [2.24, 2.45) is 7.05 Å². The summed E-state index contributed by atoms with van der Waals surface area (Å²) < 4.78 is 30.0. The Morgan fingerprint density at radius 3 is 2.31 bits per heavy atom. The molecule has 4 rings (SSSR count). The predicted molar refractivity (Wildman–Crippen MR) is 96.0 cm³/mol. The van der Waals surface area contributed by atoms with Crippen molar-refractivity contribution in [3.05, 3.63) is 80.3 Å². The van der Waals surface area contributed by atoms with Gasteiger partial charge in [-0.15, -0.1) is 0 Å². The molecule has 0 saturated heterocycles. The zero-order chi connectivity index (χ0) is 18.4. The molecule has 0 bridgehead atoms. The van der Waals surface area contributed by atoms with Gasteiger partial charge in [0.25, 0.3) is 0 Å². The average molecular weight is 372 g/mol. The van der Waals surface area contributed by atoms with Gasteiger partial charge in [-0.25, -0.2) is 8.78 Å². The molecule has 1 aromatic heterocycles. The van der Waals surface area contributed by atoms with Crippen LogP contribution in [0.5, 0.6) is 0 Å². The Hall–Kier alpha value is -2.80. The van der Waals surface area contributed by atoms with Crippen LogP contribution in [-0.4, -0.2) is 10.5 Å². The summed E-state index contributed by atoms with van der Waals surface area (Å²) in [4.78, 5) is 26.8. The Balaban J connectivity index is 1.96. The Morgan fingerprint density at radius 1 is 1.00 bits per heavy atom. The molecule has 1 unspecified atom stereocenters. The number of amides is 1. The van der Waals surface area contributed by atoms with Gasteiger partial charge in [-0.2, -0.15) is 0 Å². The minimum Gasteiger partial charge on any atom is -0.288 e. The normalized spacial score (nSPS) is 16.7. The molecule has 2 aromatic carbocycles. The lowest BCUT2D eigenvalue weighted by Gasteiger charge is -2.32. The van der Waals surface area contributed by atoms with Crippen LogP contribution in [0.25, 0.3) is 0 Å². The first-order valence-electron chi connectivity index (χ1n) is 8.00. The number of hydrogen-bond acceptors (Lipinski definition) is 3. The lowest BCUT2D eigenvalue weighted by molar-refractivity contribution is -0.118. The first-order chi connectivity index (χ1) is 12.5. The molecule has 3 aromatic rings. The van der Waals surface area contributed by atoms with Gasteiger partial charge in [-0.3, -0.25) is 19.1 Å². The van der Waals surface area contributed by atoms with Gasteiger partial charge in [0.2, 0.25) is 5.91 Å². The van der Waals surface area contributed by atoms with Gasteiger partial charge in [0, 0.05) is 24.9 Å². The lowest BCUT2D eigenvalue weighted by Crippen LogP contribution is -2.35. The highest BCUT2D eigenvalue weighted by Gasteiger charge is 2.39. The predicted octanol–water partition coefficient (Wildman–Crippen LogP) is 3.93. The number of thiazole rings is 1. The first-order valence-corrected chi connectivity index (χ1v) is 8.82. The van der Waals surface area contributed by atoms with E-state index in [2.05, 4.69) is 0 Å². The fourth-order valence-corrected chi connectivity index (χ4v) is 4.42. The van der Waals surface area contributed by atoms with E-state index in [-0.39, 0.29) is 22.8 Å². The molecule has 0 radical (unpaired) electrons. The number of rotatable bonds is 2. The number of para-hydroxylation sites is 1. The fraction of sp³-hybridized carbons (Fsp3) is 0.158. The molecule has 26 heavy (non-hydrogen) atoms. The average Bonchev–Trinajstić information content (AvgIpc) is 2.91. The zero-order valence-electron chi connectivity index (χ0n) is 13.8. The highest BCUT2D eigenvalue weighted by molar-refractivity contribution is 7.10. The summed E-state index contributed by atoms with van der Waals surface area (Å²) in [5.41, 5.74) is 0.441. The van der Waals surface area contributed by atoms with Gasteiger partial charge in [0.1, 0.15) is 17.5 Å². The SMILES string of the molecule is Cn1c2c(sc1=O)C(c1c(F)cccc1F)CC(=O)N2c1ccccc1. The van der Waals surface area contributed by atoms with Crippen LogP contribution in [0.3, 0.4) is 0 Å². The number of carbonyl (C=O) groups excluding carboxylic acids is 1. The van der Waals surface area contributed by atoms with E-state index in [1.807, 2.05) is 6.07 Å². The molecule has 0 spiro atoms. The molecule has 1 amide bonds. The summed E-state index contributed by atoms with van der Waals surface area (Å²) in [7, 11) is 1.56. The van der Waals surface area contributed by atoms with Crippen molar-refractivity contribution in [3.63, 3.8) is 0 Å². The van der Waals surface area contributed by atoms with Gasteiger partial charge in [-0.1, -0.05) is 35.6 Å². The van der Waals surface area contributed by atoms with E-state index < -0.39 is 17.6 Å². The Kier molecular flexibility index (Phi) is 3.96. The third-order valence-electron chi connectivity index (χ3n) is 4.53. The molecule has 0 N–H and O–H groups in total. The number of anilines is 2. The van der Waals surface area contributed by atoms with Crippen molar-refractivity contribution < 1.29 is 13.6 Å². The van der Waals surface area contributed by atoms with Crippen LogP contribution in [0.2, 0.25) is 0 Å². The van der Waals surface area contributed by atoms with Crippen LogP contribution in [0, 0.1) is 11.6 Å². The molecule has 0 aliphatic carbocycles. The number of halogens is 2. The van der Waals surface area contributed by atoms with E-state index in [1.165, 1.54) is 15.5 Å². The molecular weight excluding hydrogens is 358 g/mol. The maximum atomic E-state index is 14.3. The molecule has 7 heteroatoms. The van der Waals surface area contributed by atoms with Crippen molar-refractivity contribution in [1.82, 2.24) is 4.57 Å². The van der Waals surface area contributed by atoms with Crippen molar-refractivity contribution in [2.75, 3.05) is 4.90 Å². The monoisotopic (exact) mass is 372 g/mol. The van der Waals surface area contributed by atoms with Gasteiger partial charge in [-0.05, 0) is 24.3 Å². The summed E-state index contributed by atoms with van der Waals surface area (Å²) >= 11 is 0.918. The largest absolute Gasteiger partial charge is 0.308 e. The van der Waals surface area contributed by atoms with Crippen molar-refractivity contribution in [3.8, 4) is 0 Å². The summed E-state index contributed by atoms with van der Waals surface area (Å²) in [6.45, 7) is 0. The molecule has 0 fully saturated rings. The van der Waals surface area contributed by atoms with Crippen molar-refractivity contribution in [2.45, 2.75) is 12.3 Å². The molecular formula is C19H14F2N2O2S. The van der Waals surface area contributed by atoms with Gasteiger partial charge in [0.15, 0.2) is 0 Å². The summed E-state index contributed by atoms with van der Waals surface area (Å²) in [6, 6.07) is 12.5. The number of benzene rings is 2. The summed E-state index contributed by atoms with van der Waals surface area (Å²) in [5.74, 6) is -2.20. The van der Waals surface area contributed by atoms with Crippen LogP contribution in [-0.2, 0) is 11.8 Å². The number of carbonyl (C=O) groups is 1. The number of fused-ring (bicyclic) bond motifs is 1. The molecule has 1 atom stereocenters. The molecule has 4 nitrogen and oxygen atoms in total. The smallest absolute Gasteiger partial charge is 0.288 e.